The van der Waals surface area contributed by atoms with Crippen molar-refractivity contribution in [2.45, 2.75) is 6.92 Å². The normalized spacial score (nSPS) is 6.43. The van der Waals surface area contributed by atoms with Gasteiger partial charge in [-0.05, 0) is 6.92 Å². The van der Waals surface area contributed by atoms with Crippen molar-refractivity contribution in [3.8, 4) is 0 Å². The van der Waals surface area contributed by atoms with Crippen LogP contribution in [0, 0.1) is 0 Å². The number of primary amides is 1. The van der Waals surface area contributed by atoms with Gasteiger partial charge in [0.15, 0.2) is 0 Å². The molecule has 42 valence electrons. The molecule has 0 saturated heterocycles. The number of amides is 1. The van der Waals surface area contributed by atoms with E-state index in [0.29, 0.717) is 6.61 Å². The first-order valence-electron chi connectivity index (χ1n) is 1.69. The van der Waals surface area contributed by atoms with Gasteiger partial charge in [0.05, 0.1) is 6.61 Å². The van der Waals surface area contributed by atoms with Gasteiger partial charge in [0.2, 0.25) is 0 Å². The average molecular weight is 168 g/mol. The number of hydrogen-bond acceptors (Lipinski definition) is 2. The molecule has 0 aromatic heterocycles. The molecule has 0 unspecified atom stereocenters. The Kier molecular flexibility index (Phi) is 8.21. The summed E-state index contributed by atoms with van der Waals surface area (Å²) >= 11 is 0. The van der Waals surface area contributed by atoms with Crippen molar-refractivity contribution in [1.29, 1.82) is 0 Å². The summed E-state index contributed by atoms with van der Waals surface area (Å²) in [6.45, 7) is 2.06. The van der Waals surface area contributed by atoms with Gasteiger partial charge in [-0.1, -0.05) is 0 Å². The van der Waals surface area contributed by atoms with Gasteiger partial charge < -0.3 is 10.5 Å². The number of nitrogens with two attached hydrogens (primary N) is 1. The number of ether oxygens (including phenoxy) is 1. The monoisotopic (exact) mass is 169 g/mol. The third kappa shape index (κ3) is 10.7. The molecule has 0 aromatic carbocycles. The van der Waals surface area contributed by atoms with Crippen molar-refractivity contribution in [2.75, 3.05) is 6.61 Å². The predicted octanol–water partition coefficient (Wildman–Crippen LogP) is -0.279. The minimum absolute atomic E-state index is 0. The first kappa shape index (κ1) is 9.92. The van der Waals surface area contributed by atoms with Gasteiger partial charge in [0.1, 0.15) is 0 Å². The molecule has 0 spiro atoms. The zero-order chi connectivity index (χ0) is 4.99. The van der Waals surface area contributed by atoms with E-state index in [1.807, 2.05) is 0 Å². The van der Waals surface area contributed by atoms with Crippen molar-refractivity contribution in [2.24, 2.45) is 5.73 Å². The Morgan fingerprint density at radius 3 is 2.29 bits per heavy atom. The van der Waals surface area contributed by atoms with Crippen LogP contribution in [0.15, 0.2) is 0 Å². The first-order chi connectivity index (χ1) is 2.77. The number of hydrogen-bond donors (Lipinski definition) is 1. The van der Waals surface area contributed by atoms with Crippen molar-refractivity contribution in [3.05, 3.63) is 0 Å². The van der Waals surface area contributed by atoms with E-state index in [1.165, 1.54) is 0 Å². The van der Waals surface area contributed by atoms with E-state index in [0.717, 1.165) is 0 Å². The van der Waals surface area contributed by atoms with Gasteiger partial charge in [-0.2, -0.15) is 0 Å². The average Bonchev–Trinajstić information content (AvgIpc) is 1.35. The van der Waals surface area contributed by atoms with Gasteiger partial charge >= 0.3 is 6.09 Å². The van der Waals surface area contributed by atoms with Crippen molar-refractivity contribution < 1.29 is 9.53 Å². The molecule has 2 N–H and O–H groups in total. The molecule has 0 fully saturated rings. The van der Waals surface area contributed by atoms with Crippen LogP contribution in [0.1, 0.15) is 6.92 Å². The van der Waals surface area contributed by atoms with Crippen LogP contribution < -0.4 is 5.73 Å². The predicted molar refractivity (Wildman–Crippen MR) is 27.0 cm³/mol. The Labute approximate surface area is 52.7 Å². The molecule has 0 saturated carbocycles. The summed E-state index contributed by atoms with van der Waals surface area (Å²) in [4.78, 5) is 9.60. The summed E-state index contributed by atoms with van der Waals surface area (Å²) in [6.07, 6.45) is -0.711. The molecular weight excluding hydrogens is 161 g/mol. The quantitative estimate of drug-likeness (QED) is 0.547. The van der Waals surface area contributed by atoms with Crippen LogP contribution in [0.2, 0.25) is 0 Å². The van der Waals surface area contributed by atoms with Crippen molar-refractivity contribution in [3.63, 3.8) is 0 Å². The van der Waals surface area contributed by atoms with Gasteiger partial charge in [-0.3, -0.25) is 0 Å². The molecule has 0 rings (SSSR count). The molecular formula is C3H7NO2Se. The van der Waals surface area contributed by atoms with Crippen LogP contribution in [-0.4, -0.2) is 29.8 Å². The van der Waals surface area contributed by atoms with Gasteiger partial charge in [0, 0.05) is 17.1 Å². The third-order valence-electron chi connectivity index (χ3n) is 0.287. The summed E-state index contributed by atoms with van der Waals surface area (Å²) in [5.74, 6) is 0. The molecule has 0 bridgehead atoms. The minimum Gasteiger partial charge on any atom is -0.450 e. The Balaban J connectivity index is 0. The smallest absolute Gasteiger partial charge is 0.404 e. The standard InChI is InChI=1S/C3H7NO2.Se/c1-2-6-3(4)5;/h2H2,1H3,(H2,4,5);. The molecule has 2 radical (unpaired) electrons. The topological polar surface area (TPSA) is 52.3 Å². The number of carbonyl (C=O) groups is 1. The van der Waals surface area contributed by atoms with E-state index in [9.17, 15) is 4.79 Å². The number of carbonyl (C=O) groups excluding carboxylic acids is 1. The van der Waals surface area contributed by atoms with Crippen molar-refractivity contribution in [1.82, 2.24) is 0 Å². The maximum atomic E-state index is 9.60. The molecule has 3 nitrogen and oxygen atoms in total. The fourth-order valence-corrected chi connectivity index (χ4v) is 0.142. The third-order valence-corrected chi connectivity index (χ3v) is 0.287. The maximum Gasteiger partial charge on any atom is 0.404 e. The van der Waals surface area contributed by atoms with E-state index >= 15 is 0 Å². The zero-order valence-electron chi connectivity index (χ0n) is 4.01. The molecule has 0 aromatic rings. The summed E-state index contributed by atoms with van der Waals surface area (Å²) in [7, 11) is 0. The first-order valence-corrected chi connectivity index (χ1v) is 1.69. The molecule has 0 aliphatic heterocycles. The Hall–Kier alpha value is -0.211. The molecule has 1 amide bonds. The largest absolute Gasteiger partial charge is 0.450 e. The second-order valence-corrected chi connectivity index (χ2v) is 0.752. The summed E-state index contributed by atoms with van der Waals surface area (Å²) < 4.78 is 4.18. The summed E-state index contributed by atoms with van der Waals surface area (Å²) in [5.41, 5.74) is 4.54. The SMILES string of the molecule is CCOC(N)=O.[Se]. The van der Waals surface area contributed by atoms with Crippen LogP contribution in [0.3, 0.4) is 0 Å². The fourth-order valence-electron chi connectivity index (χ4n) is 0.142. The molecule has 0 aliphatic rings. The van der Waals surface area contributed by atoms with E-state index in [1.54, 1.807) is 6.92 Å². The van der Waals surface area contributed by atoms with Crippen molar-refractivity contribution >= 4 is 23.2 Å². The van der Waals surface area contributed by atoms with Crippen LogP contribution in [0.5, 0.6) is 0 Å². The van der Waals surface area contributed by atoms with Gasteiger partial charge in [-0.15, -0.1) is 0 Å². The Morgan fingerprint density at radius 2 is 2.29 bits per heavy atom. The maximum absolute atomic E-state index is 9.60. The van der Waals surface area contributed by atoms with Crippen LogP contribution in [0.25, 0.3) is 0 Å². The van der Waals surface area contributed by atoms with E-state index < -0.39 is 6.09 Å². The number of rotatable bonds is 1. The fraction of sp³-hybridized carbons (Fsp3) is 0.667. The van der Waals surface area contributed by atoms with E-state index in [2.05, 4.69) is 10.5 Å². The molecule has 7 heavy (non-hydrogen) atoms. The van der Waals surface area contributed by atoms with Crippen LogP contribution in [0.4, 0.5) is 4.79 Å². The van der Waals surface area contributed by atoms with Gasteiger partial charge in [-0.25, -0.2) is 4.79 Å². The van der Waals surface area contributed by atoms with Crippen LogP contribution >= 0.6 is 0 Å². The summed E-state index contributed by atoms with van der Waals surface area (Å²) in [5, 5.41) is 0. The molecule has 4 heteroatoms. The van der Waals surface area contributed by atoms with E-state index in [4.69, 9.17) is 0 Å². The Bertz CT molecular complexity index is 56.9. The molecule has 0 aliphatic carbocycles. The second kappa shape index (κ2) is 5.79. The Morgan fingerprint density at radius 1 is 1.86 bits per heavy atom. The second-order valence-electron chi connectivity index (χ2n) is 0.752. The molecule has 0 atom stereocenters. The minimum atomic E-state index is -0.711. The van der Waals surface area contributed by atoms with E-state index in [-0.39, 0.29) is 17.1 Å². The summed E-state index contributed by atoms with van der Waals surface area (Å²) in [6, 6.07) is 0. The van der Waals surface area contributed by atoms with Gasteiger partial charge in [0.25, 0.3) is 0 Å². The zero-order valence-corrected chi connectivity index (χ0v) is 5.72. The molecule has 0 heterocycles. The van der Waals surface area contributed by atoms with Crippen LogP contribution in [-0.2, 0) is 4.74 Å².